The Labute approximate surface area is 116 Å². The van der Waals surface area contributed by atoms with E-state index in [1.165, 1.54) is 0 Å². The van der Waals surface area contributed by atoms with Gasteiger partial charge in [0.2, 0.25) is 0 Å². The first-order valence-electron chi connectivity index (χ1n) is 5.73. The van der Waals surface area contributed by atoms with Gasteiger partial charge in [0.25, 0.3) is 0 Å². The van der Waals surface area contributed by atoms with Crippen molar-refractivity contribution in [3.63, 3.8) is 0 Å². The summed E-state index contributed by atoms with van der Waals surface area (Å²) >= 11 is 12.2. The van der Waals surface area contributed by atoms with Gasteiger partial charge in [0, 0.05) is 24.5 Å². The van der Waals surface area contributed by atoms with Crippen molar-refractivity contribution in [1.82, 2.24) is 9.97 Å². The molecule has 0 amide bonds. The largest absolute Gasteiger partial charge is 0.368 e. The molecule has 3 nitrogen and oxygen atoms in total. The molecule has 1 aromatic heterocycles. The van der Waals surface area contributed by atoms with Crippen molar-refractivity contribution >= 4 is 29.0 Å². The zero-order valence-corrected chi connectivity index (χ0v) is 11.5. The molecule has 2 rings (SSSR count). The lowest BCUT2D eigenvalue weighted by Gasteiger charge is -2.10. The number of nitrogens with one attached hydrogen (secondary N) is 1. The minimum atomic E-state index is 0.499. The molecule has 0 aliphatic rings. The molecule has 18 heavy (non-hydrogen) atoms. The Hall–Kier alpha value is -1.32. The van der Waals surface area contributed by atoms with Gasteiger partial charge < -0.3 is 5.32 Å². The van der Waals surface area contributed by atoms with Crippen LogP contribution in [0.1, 0.15) is 13.3 Å². The molecule has 1 aromatic carbocycles. The molecule has 2 aromatic rings. The summed E-state index contributed by atoms with van der Waals surface area (Å²) in [5, 5.41) is 4.25. The molecule has 1 N–H and O–H groups in total. The van der Waals surface area contributed by atoms with Crippen LogP contribution in [0.2, 0.25) is 10.0 Å². The van der Waals surface area contributed by atoms with Gasteiger partial charge in [-0.05, 0) is 12.5 Å². The van der Waals surface area contributed by atoms with E-state index < -0.39 is 0 Å². The van der Waals surface area contributed by atoms with Gasteiger partial charge in [0.05, 0.1) is 10.0 Å². The molecule has 0 aliphatic heterocycles. The smallest absolute Gasteiger partial charge is 0.152 e. The van der Waals surface area contributed by atoms with Crippen molar-refractivity contribution in [2.75, 3.05) is 11.9 Å². The molecule has 94 valence electrons. The molecule has 0 aliphatic carbocycles. The van der Waals surface area contributed by atoms with Crippen molar-refractivity contribution < 1.29 is 0 Å². The summed E-state index contributed by atoms with van der Waals surface area (Å²) in [6.07, 6.45) is 4.31. The number of rotatable bonds is 4. The molecule has 0 spiro atoms. The first kappa shape index (κ1) is 13.1. The number of hydrogen-bond acceptors (Lipinski definition) is 3. The zero-order chi connectivity index (χ0) is 13.0. The molecular formula is C13H13Cl2N3. The molecule has 0 radical (unpaired) electrons. The maximum Gasteiger partial charge on any atom is 0.152 e. The van der Waals surface area contributed by atoms with E-state index in [-0.39, 0.29) is 0 Å². The van der Waals surface area contributed by atoms with E-state index in [1.807, 2.05) is 12.1 Å². The van der Waals surface area contributed by atoms with Crippen molar-refractivity contribution in [3.8, 4) is 11.3 Å². The summed E-state index contributed by atoms with van der Waals surface area (Å²) in [5.74, 6) is 0.725. The van der Waals surface area contributed by atoms with Crippen LogP contribution >= 0.6 is 23.2 Å². The van der Waals surface area contributed by atoms with Crippen LogP contribution in [0.3, 0.4) is 0 Å². The average molecular weight is 282 g/mol. The third-order valence-corrected chi connectivity index (χ3v) is 3.27. The van der Waals surface area contributed by atoms with Crippen molar-refractivity contribution in [1.29, 1.82) is 0 Å². The molecule has 1 heterocycles. The van der Waals surface area contributed by atoms with Crippen LogP contribution in [-0.2, 0) is 0 Å². The SMILES string of the molecule is CCCNc1nccnc1-c1cccc(Cl)c1Cl. The summed E-state index contributed by atoms with van der Waals surface area (Å²) in [4.78, 5) is 8.62. The van der Waals surface area contributed by atoms with Crippen LogP contribution in [-0.4, -0.2) is 16.5 Å². The lowest BCUT2D eigenvalue weighted by molar-refractivity contribution is 0.966. The third-order valence-electron chi connectivity index (χ3n) is 2.45. The maximum absolute atomic E-state index is 6.21. The van der Waals surface area contributed by atoms with Gasteiger partial charge >= 0.3 is 0 Å². The Bertz CT molecular complexity index is 544. The lowest BCUT2D eigenvalue weighted by atomic mass is 10.1. The topological polar surface area (TPSA) is 37.8 Å². The minimum Gasteiger partial charge on any atom is -0.368 e. The summed E-state index contributed by atoms with van der Waals surface area (Å²) in [6, 6.07) is 5.49. The monoisotopic (exact) mass is 281 g/mol. The third kappa shape index (κ3) is 2.74. The fourth-order valence-electron chi connectivity index (χ4n) is 1.59. The van der Waals surface area contributed by atoms with Gasteiger partial charge in [-0.1, -0.05) is 42.3 Å². The van der Waals surface area contributed by atoms with Crippen LogP contribution in [0.15, 0.2) is 30.6 Å². The molecule has 0 atom stereocenters. The van der Waals surface area contributed by atoms with E-state index in [9.17, 15) is 0 Å². The summed E-state index contributed by atoms with van der Waals surface area (Å²) in [5.41, 5.74) is 1.51. The van der Waals surface area contributed by atoms with Gasteiger partial charge in [-0.2, -0.15) is 0 Å². The number of aromatic nitrogens is 2. The second-order valence-corrected chi connectivity index (χ2v) is 4.57. The van der Waals surface area contributed by atoms with Crippen LogP contribution in [0.4, 0.5) is 5.82 Å². The average Bonchev–Trinajstić information content (AvgIpc) is 2.40. The van der Waals surface area contributed by atoms with Gasteiger partial charge in [-0.3, -0.25) is 4.98 Å². The Morgan fingerprint density at radius 1 is 1.17 bits per heavy atom. The highest BCUT2D eigenvalue weighted by molar-refractivity contribution is 6.43. The normalized spacial score (nSPS) is 10.4. The Kier molecular flexibility index (Phi) is 4.39. The first-order valence-corrected chi connectivity index (χ1v) is 6.49. The molecule has 0 saturated carbocycles. The Balaban J connectivity index is 2.46. The van der Waals surface area contributed by atoms with E-state index >= 15 is 0 Å². The summed E-state index contributed by atoms with van der Waals surface area (Å²) < 4.78 is 0. The van der Waals surface area contributed by atoms with E-state index in [0.717, 1.165) is 30.0 Å². The number of benzene rings is 1. The lowest BCUT2D eigenvalue weighted by Crippen LogP contribution is -2.04. The fourth-order valence-corrected chi connectivity index (χ4v) is 1.98. The second kappa shape index (κ2) is 6.03. The van der Waals surface area contributed by atoms with Crippen LogP contribution in [0, 0.1) is 0 Å². The highest BCUT2D eigenvalue weighted by Gasteiger charge is 2.12. The zero-order valence-electron chi connectivity index (χ0n) is 9.95. The Morgan fingerprint density at radius 2 is 1.94 bits per heavy atom. The molecule has 0 saturated heterocycles. The van der Waals surface area contributed by atoms with E-state index in [1.54, 1.807) is 18.5 Å². The summed E-state index contributed by atoms with van der Waals surface area (Å²) in [7, 11) is 0. The second-order valence-electron chi connectivity index (χ2n) is 3.78. The summed E-state index contributed by atoms with van der Waals surface area (Å²) in [6.45, 7) is 2.93. The highest BCUT2D eigenvalue weighted by atomic mass is 35.5. The van der Waals surface area contributed by atoms with Crippen molar-refractivity contribution in [3.05, 3.63) is 40.6 Å². The van der Waals surface area contributed by atoms with E-state index in [4.69, 9.17) is 23.2 Å². The van der Waals surface area contributed by atoms with Gasteiger partial charge in [-0.25, -0.2) is 4.98 Å². The molecule has 5 heteroatoms. The number of halogens is 2. The molecule has 0 bridgehead atoms. The first-order chi connectivity index (χ1) is 8.74. The van der Waals surface area contributed by atoms with E-state index in [2.05, 4.69) is 22.2 Å². The highest BCUT2D eigenvalue weighted by Crippen LogP contribution is 2.34. The van der Waals surface area contributed by atoms with Crippen LogP contribution in [0.5, 0.6) is 0 Å². The van der Waals surface area contributed by atoms with Crippen LogP contribution < -0.4 is 5.32 Å². The van der Waals surface area contributed by atoms with Gasteiger partial charge in [-0.15, -0.1) is 0 Å². The Morgan fingerprint density at radius 3 is 2.72 bits per heavy atom. The molecular weight excluding hydrogens is 269 g/mol. The van der Waals surface area contributed by atoms with Crippen molar-refractivity contribution in [2.24, 2.45) is 0 Å². The molecule has 0 fully saturated rings. The fraction of sp³-hybridized carbons (Fsp3) is 0.231. The van der Waals surface area contributed by atoms with Gasteiger partial charge in [0.1, 0.15) is 5.69 Å². The maximum atomic E-state index is 6.21. The van der Waals surface area contributed by atoms with Crippen molar-refractivity contribution in [2.45, 2.75) is 13.3 Å². The quantitative estimate of drug-likeness (QED) is 0.909. The molecule has 0 unspecified atom stereocenters. The number of hydrogen-bond donors (Lipinski definition) is 1. The van der Waals surface area contributed by atoms with Crippen LogP contribution in [0.25, 0.3) is 11.3 Å². The number of nitrogens with zero attached hydrogens (tertiary/aromatic N) is 2. The standard InChI is InChI=1S/C13H13Cl2N3/c1-2-6-17-13-12(16-7-8-18-13)9-4-3-5-10(14)11(9)15/h3-5,7-8H,2,6H2,1H3,(H,17,18). The van der Waals surface area contributed by atoms with Gasteiger partial charge in [0.15, 0.2) is 5.82 Å². The number of anilines is 1. The minimum absolute atomic E-state index is 0.499. The van der Waals surface area contributed by atoms with E-state index in [0.29, 0.717) is 10.0 Å². The predicted octanol–water partition coefficient (Wildman–Crippen LogP) is 4.27. The predicted molar refractivity (Wildman–Crippen MR) is 76.3 cm³/mol.